The van der Waals surface area contributed by atoms with Crippen molar-refractivity contribution in [2.24, 2.45) is 41.4 Å². The maximum absolute atomic E-state index is 13.5. The van der Waals surface area contributed by atoms with Gasteiger partial charge in [0.2, 0.25) is 12.2 Å². The summed E-state index contributed by atoms with van der Waals surface area (Å²) in [7, 11) is 9.77. The summed E-state index contributed by atoms with van der Waals surface area (Å²) in [6.45, 7) is 14.7. The van der Waals surface area contributed by atoms with Gasteiger partial charge in [0.1, 0.15) is 46.8 Å². The molecular weight excluding hydrogens is 1870 g/mol. The number of carbonyl (C=O) groups excluding carboxylic acids is 13. The van der Waals surface area contributed by atoms with Gasteiger partial charge in [0.15, 0.2) is 40.2 Å². The van der Waals surface area contributed by atoms with Crippen molar-refractivity contribution in [2.45, 2.75) is 215 Å². The second kappa shape index (κ2) is 69.0. The number of aromatic nitrogens is 8. The zero-order valence-electron chi connectivity index (χ0n) is 72.4. The number of Topliss-reactive ketones (excluding diaryl/α,β-unsaturated/α-hetero) is 5. The third kappa shape index (κ3) is 49.5. The molecule has 9 heterocycles. The van der Waals surface area contributed by atoms with E-state index >= 15 is 0 Å². The minimum Gasteiger partial charge on any atom is -0.481 e. The number of aldehydes is 1. The van der Waals surface area contributed by atoms with Crippen LogP contribution in [0.3, 0.4) is 0 Å². The van der Waals surface area contributed by atoms with Crippen LogP contribution >= 0.6 is 56.7 Å². The van der Waals surface area contributed by atoms with E-state index in [4.69, 9.17) is 51.5 Å². The average molecular weight is 2010 g/mol. The first-order valence-electron chi connectivity index (χ1n) is 38.9. The van der Waals surface area contributed by atoms with E-state index in [1.807, 2.05) is 42.3 Å². The molecule has 0 spiro atoms. The SMILES string of the molecule is C.C.C.C.C.C.C.C.COC(=O)[C@@H](C)Cc1cscn1.COC[C@H](C)C(=O)CC(Cc1cscn1)C(=O)OC.COC[C@H](NC(=O)c1cc(C)on1)C(=O)C[C@@H](Cc1cscn1)C(=O)N[C@@H](CC(C)C)C(=O)[C@@]1(C)CO1.COC[C@H](NC(=O)c1cc(C)on1)C(=O)C[C@@H](Cc1cscn1)C(=O)O.COC[C@H](NC(=O)c1cc(C)on1)C(=O)C[C@@H](Cc1cscn1)C(=O)OC.O=CC(F)(F)F. The van der Waals surface area contributed by atoms with Crippen molar-refractivity contribution in [1.82, 2.24) is 61.7 Å². The van der Waals surface area contributed by atoms with Gasteiger partial charge in [-0.15, -0.1) is 56.7 Å². The van der Waals surface area contributed by atoms with Crippen LogP contribution in [0.4, 0.5) is 13.2 Å². The zero-order chi connectivity index (χ0) is 94.5. The van der Waals surface area contributed by atoms with Gasteiger partial charge in [-0.3, -0.25) is 67.1 Å². The molecule has 38 nitrogen and oxygen atoms in total. The highest BCUT2D eigenvalue weighted by molar-refractivity contribution is 7.08. The summed E-state index contributed by atoms with van der Waals surface area (Å²) < 4.78 is 85.5. The highest BCUT2D eigenvalue weighted by Crippen LogP contribution is 2.31. The fraction of sp³-hybridized carbons (Fsp3) is 0.573. The average Bonchev–Trinajstić information content (AvgIpc) is 1.64. The molecule has 0 aromatic carbocycles. The summed E-state index contributed by atoms with van der Waals surface area (Å²) in [5, 5.41) is 40.0. The van der Waals surface area contributed by atoms with Crippen LogP contribution in [0.2, 0.25) is 0 Å². The molecule has 135 heavy (non-hydrogen) atoms. The molecule has 0 bridgehead atoms. The number of carboxylic acid groups (broad SMARTS) is 1. The van der Waals surface area contributed by atoms with Crippen molar-refractivity contribution in [3.05, 3.63) is 135 Å². The number of amides is 4. The van der Waals surface area contributed by atoms with Crippen LogP contribution in [0.5, 0.6) is 0 Å². The number of thiazole rings is 5. The number of carboxylic acids is 1. The van der Waals surface area contributed by atoms with Crippen LogP contribution in [0, 0.1) is 62.2 Å². The monoisotopic (exact) mass is 2010 g/mol. The number of methoxy groups -OCH3 is 7. The maximum Gasteiger partial charge on any atom is 0.446 e. The number of carbonyl (C=O) groups is 14. The van der Waals surface area contributed by atoms with E-state index in [2.05, 4.69) is 66.4 Å². The fourth-order valence-corrected chi connectivity index (χ4v) is 14.3. The van der Waals surface area contributed by atoms with Gasteiger partial charge in [-0.2, -0.15) is 13.2 Å². The van der Waals surface area contributed by atoms with Gasteiger partial charge < -0.3 is 77.8 Å². The molecule has 760 valence electrons. The Morgan fingerprint density at radius 1 is 0.437 bits per heavy atom. The largest absolute Gasteiger partial charge is 0.481 e. The van der Waals surface area contributed by atoms with E-state index in [9.17, 15) is 80.6 Å². The van der Waals surface area contributed by atoms with E-state index in [-0.39, 0.29) is 188 Å². The molecule has 0 aliphatic carbocycles. The van der Waals surface area contributed by atoms with Crippen LogP contribution < -0.4 is 21.3 Å². The van der Waals surface area contributed by atoms with Crippen LogP contribution in [0.25, 0.3) is 0 Å². The Hall–Kier alpha value is -10.9. The molecule has 1 unspecified atom stereocenters. The first-order chi connectivity index (χ1) is 60.2. The normalized spacial score (nSPS) is 13.9. The van der Waals surface area contributed by atoms with E-state index in [1.165, 1.54) is 118 Å². The Morgan fingerprint density at radius 3 is 0.985 bits per heavy atom. The van der Waals surface area contributed by atoms with Gasteiger partial charge in [-0.05, 0) is 40.0 Å². The van der Waals surface area contributed by atoms with Crippen LogP contribution in [0.15, 0.2) is 86.2 Å². The molecule has 0 saturated carbocycles. The molecule has 8 aromatic heterocycles. The number of hydrogen-bond acceptors (Lipinski definition) is 38. The van der Waals surface area contributed by atoms with Crippen molar-refractivity contribution in [1.29, 1.82) is 0 Å². The van der Waals surface area contributed by atoms with Gasteiger partial charge in [-0.25, -0.2) is 24.9 Å². The first kappa shape index (κ1) is 133. The Bertz CT molecular complexity index is 4720. The molecule has 5 N–H and O–H groups in total. The fourth-order valence-electron chi connectivity index (χ4n) is 11.4. The number of nitrogens with one attached hydrogen (secondary N) is 4. The number of ketones is 5. The number of halogens is 3. The minimum atomic E-state index is -4.64. The molecule has 8 aromatic rings. The number of aliphatic carboxylic acids is 1. The number of alkyl halides is 3. The number of rotatable bonds is 46. The Kier molecular flexibility index (Phi) is 67.8. The Morgan fingerprint density at radius 2 is 0.726 bits per heavy atom. The first-order valence-corrected chi connectivity index (χ1v) is 43.6. The molecule has 1 aliphatic heterocycles. The summed E-state index contributed by atoms with van der Waals surface area (Å²) in [4.78, 5) is 190. The third-order valence-electron chi connectivity index (χ3n) is 18.1. The lowest BCUT2D eigenvalue weighted by atomic mass is 9.90. The molecular formula is C89H137F3N12O26S5. The lowest BCUT2D eigenvalue weighted by molar-refractivity contribution is -0.156. The summed E-state index contributed by atoms with van der Waals surface area (Å²) in [6, 6.07) is 0.696. The van der Waals surface area contributed by atoms with Gasteiger partial charge in [0.25, 0.3) is 17.7 Å². The molecule has 1 fully saturated rings. The second-order valence-corrected chi connectivity index (χ2v) is 32.8. The highest BCUT2D eigenvalue weighted by atomic mass is 32.1. The molecule has 46 heteroatoms. The zero-order valence-corrected chi connectivity index (χ0v) is 76.5. The van der Waals surface area contributed by atoms with E-state index in [0.29, 0.717) is 66.8 Å². The number of epoxide rings is 1. The van der Waals surface area contributed by atoms with Gasteiger partial charge in [-0.1, -0.05) is 103 Å². The number of aryl methyl sites for hydroxylation is 3. The van der Waals surface area contributed by atoms with Gasteiger partial charge >= 0.3 is 30.1 Å². The standard InChI is InChI=1S/C25H34N4O7S.C17H21N3O6S.C16H19N3O6S.C13H19NO4S.C8H11NO2S.C2HF3O.8CH4/c1-14(2)6-18(22(31)25(4)12-35-25)27-23(32)16(8-17-11-37-13-26-17)9-21(30)20(10-34-5)28-24(33)19-7-15(3)36-29-19;1-10-4-13(20-26-10)16(22)19-14(7-24-2)15(21)6-11(17(23)25-3)5-12-8-27-9-18-12;1-9-3-12(19-25-9)15(21)18-13(6-24-2)14(20)5-10(16(22)23)4-11-7-26-8-17-11;1-9(6-17-2)12(15)5-10(13(16)18-3)4-11-7-19-8-14-11;1-6(8(10)11-2)3-7-4-12-5-9-7;3-2(4,5)1-6;;;;;;;;/h7,11,13-14,16,18,20H,6,8-10,12H2,1-5H3,(H,27,32)(H,28,33);4,8-9,11,14H,5-7H2,1-3H3,(H,19,22);3,7-8,10,13H,4-6H2,1-2H3,(H,18,21)(H,22,23);7-10H,4-6H2,1-3H3;4-6H,3H2,1-2H3;1H;8*1H4/t16-,18+,20+,25-;11-,14+;10-,13+;9-,10?;6-;;;;;;;;;/m11100........./s1. The summed E-state index contributed by atoms with van der Waals surface area (Å²) in [5.41, 5.74) is 11.4. The minimum absolute atomic E-state index is 0. The van der Waals surface area contributed by atoms with Crippen molar-refractivity contribution in [3.63, 3.8) is 0 Å². The molecule has 1 saturated heterocycles. The van der Waals surface area contributed by atoms with E-state index < -0.39 is 113 Å². The number of nitrogens with zero attached hydrogens (tertiary/aromatic N) is 8. The van der Waals surface area contributed by atoms with Crippen molar-refractivity contribution in [2.75, 3.05) is 82.8 Å². The smallest absolute Gasteiger partial charge is 0.446 e. The summed E-state index contributed by atoms with van der Waals surface area (Å²) >= 11 is 7.14. The molecule has 9 rings (SSSR count). The molecule has 0 radical (unpaired) electrons. The Balaban J connectivity index is -0.000000522. The predicted octanol–water partition coefficient (Wildman–Crippen LogP) is 13.2. The van der Waals surface area contributed by atoms with E-state index in [1.54, 1.807) is 74.7 Å². The maximum atomic E-state index is 13.5. The second-order valence-electron chi connectivity index (χ2n) is 29.2. The van der Waals surface area contributed by atoms with Crippen molar-refractivity contribution < 1.29 is 137 Å². The Labute approximate surface area is 807 Å². The highest BCUT2D eigenvalue weighted by Gasteiger charge is 2.50. The van der Waals surface area contributed by atoms with Crippen LogP contribution in [-0.2, 0) is 123 Å². The van der Waals surface area contributed by atoms with Gasteiger partial charge in [0, 0.05) is 137 Å². The molecule has 1 aliphatic rings. The van der Waals surface area contributed by atoms with Crippen molar-refractivity contribution in [3.8, 4) is 0 Å². The number of hydrogen-bond donors (Lipinski definition) is 5. The van der Waals surface area contributed by atoms with Crippen LogP contribution in [-0.4, -0.2) is 247 Å². The third-order valence-corrected chi connectivity index (χ3v) is 21.3. The number of esters is 3. The predicted molar refractivity (Wildman–Crippen MR) is 505 cm³/mol. The van der Waals surface area contributed by atoms with Crippen LogP contribution in [0.1, 0.15) is 203 Å². The van der Waals surface area contributed by atoms with E-state index in [0.717, 1.165) is 11.4 Å². The summed E-state index contributed by atoms with van der Waals surface area (Å²) in [5.74, 6) is -7.38. The van der Waals surface area contributed by atoms with Gasteiger partial charge in [0.05, 0.1) is 146 Å². The lowest BCUT2D eigenvalue weighted by Crippen LogP contribution is -2.50. The quantitative estimate of drug-likeness (QED) is 0.0102. The number of ether oxygens (including phenoxy) is 8. The topological polar surface area (TPSA) is 527 Å². The lowest BCUT2D eigenvalue weighted by Gasteiger charge is -2.25. The summed E-state index contributed by atoms with van der Waals surface area (Å²) in [6.07, 6.45) is -3.94. The molecule has 4 amide bonds. The molecule has 11 atom stereocenters. The van der Waals surface area contributed by atoms with Crippen molar-refractivity contribution >= 4 is 139 Å².